The number of ketones is 2. The molecule has 5 rings (SSSR count). The quantitative estimate of drug-likeness (QED) is 0.198. The number of carbonyl (C=O) groups is 6. The van der Waals surface area contributed by atoms with Crippen LogP contribution in [-0.2, 0) is 19.2 Å². The number of aromatic nitrogens is 1. The monoisotopic (exact) mass is 650 g/mol. The summed E-state index contributed by atoms with van der Waals surface area (Å²) in [5.41, 5.74) is 4.64. The highest BCUT2D eigenvalue weighted by molar-refractivity contribution is 6.37. The van der Waals surface area contributed by atoms with Gasteiger partial charge in [-0.05, 0) is 65.9 Å². The molecule has 6 atom stereocenters. The molecule has 3 saturated carbocycles. The van der Waals surface area contributed by atoms with Gasteiger partial charge < -0.3 is 26.6 Å². The zero-order valence-electron chi connectivity index (χ0n) is 28.2. The molecule has 256 valence electrons. The Morgan fingerprint density at radius 2 is 1.66 bits per heavy atom. The second kappa shape index (κ2) is 13.4. The van der Waals surface area contributed by atoms with Gasteiger partial charge in [-0.15, -0.1) is 0 Å². The molecule has 2 unspecified atom stereocenters. The summed E-state index contributed by atoms with van der Waals surface area (Å²) >= 11 is 0. The number of nitrogens with zero attached hydrogens (tertiary/aromatic N) is 2. The summed E-state index contributed by atoms with van der Waals surface area (Å²) in [6.45, 7) is 9.93. The number of primary amides is 1. The van der Waals surface area contributed by atoms with Gasteiger partial charge in [-0.1, -0.05) is 72.8 Å². The number of hydrogen-bond donors (Lipinski definition) is 4. The van der Waals surface area contributed by atoms with Crippen molar-refractivity contribution in [2.24, 2.45) is 40.2 Å². The van der Waals surface area contributed by atoms with Crippen molar-refractivity contribution in [2.75, 3.05) is 6.54 Å². The van der Waals surface area contributed by atoms with Gasteiger partial charge in [0, 0.05) is 12.7 Å². The summed E-state index contributed by atoms with van der Waals surface area (Å²) < 4.78 is 0. The van der Waals surface area contributed by atoms with Gasteiger partial charge in [0.2, 0.25) is 23.4 Å². The number of amides is 5. The molecule has 1 aromatic heterocycles. The van der Waals surface area contributed by atoms with Gasteiger partial charge in [-0.25, -0.2) is 4.79 Å². The predicted molar refractivity (Wildman–Crippen MR) is 174 cm³/mol. The van der Waals surface area contributed by atoms with Gasteiger partial charge in [0.15, 0.2) is 0 Å². The average molecular weight is 651 g/mol. The van der Waals surface area contributed by atoms with E-state index in [-0.39, 0.29) is 40.6 Å². The zero-order chi connectivity index (χ0) is 34.3. The van der Waals surface area contributed by atoms with E-state index in [0.717, 1.165) is 44.9 Å². The number of Topliss-reactive ketones (excluding diaryl/α,β-unsaturated/α-hetero) is 2. The summed E-state index contributed by atoms with van der Waals surface area (Å²) in [6.07, 6.45) is 8.32. The number of hydrogen-bond acceptors (Lipinski definition) is 7. The van der Waals surface area contributed by atoms with E-state index in [2.05, 4.69) is 34.8 Å². The number of fused-ring (bicyclic) bond motifs is 1. The van der Waals surface area contributed by atoms with Crippen LogP contribution >= 0.6 is 0 Å². The minimum atomic E-state index is -1.10. The van der Waals surface area contributed by atoms with E-state index in [1.807, 2.05) is 20.8 Å². The van der Waals surface area contributed by atoms with Crippen molar-refractivity contribution in [1.82, 2.24) is 25.8 Å². The standard InChI is InChI=1S/C35H50N6O6/c1-34(2,3)29(40-33(47)39-25(20-11-7-6-8-12-20)27(42)22-13-9-10-16-37-22)32(46)41-18-21-24(35(21,4)5)26(41)31(45)38-23(17-19-14-15-19)28(43)30(36)44/h9-10,13,16,19-21,23-26,29H,6-8,11-12,14-15,17-18H2,1-5H3,(H2,36,44)(H,38,45)(H2,39,40,47)/t21?,23?,24-,25-,26-,29+/m0/s1. The van der Waals surface area contributed by atoms with Crippen LogP contribution in [0.4, 0.5) is 4.79 Å². The maximum Gasteiger partial charge on any atom is 0.316 e. The number of piperidine rings is 1. The van der Waals surface area contributed by atoms with Crippen LogP contribution in [0.5, 0.6) is 0 Å². The van der Waals surface area contributed by atoms with Crippen molar-refractivity contribution < 1.29 is 28.8 Å². The third-order valence-corrected chi connectivity index (χ3v) is 10.9. The Morgan fingerprint density at radius 1 is 0.979 bits per heavy atom. The van der Waals surface area contributed by atoms with E-state index in [1.54, 1.807) is 24.4 Å². The summed E-state index contributed by atoms with van der Waals surface area (Å²) in [4.78, 5) is 85.7. The number of nitrogens with one attached hydrogen (secondary N) is 3. The van der Waals surface area contributed by atoms with Crippen molar-refractivity contribution in [1.29, 1.82) is 0 Å². The topological polar surface area (TPSA) is 181 Å². The first kappa shape index (κ1) is 34.5. The van der Waals surface area contributed by atoms with Crippen LogP contribution in [0.2, 0.25) is 0 Å². The van der Waals surface area contributed by atoms with Crippen molar-refractivity contribution in [2.45, 2.75) is 110 Å². The molecule has 5 N–H and O–H groups in total. The van der Waals surface area contributed by atoms with Gasteiger partial charge in [0.1, 0.15) is 17.8 Å². The molecule has 0 aromatic carbocycles. The lowest BCUT2D eigenvalue weighted by atomic mass is 9.81. The molecule has 1 aliphatic heterocycles. The van der Waals surface area contributed by atoms with Gasteiger partial charge in [0.05, 0.1) is 12.1 Å². The number of rotatable bonds is 12. The number of urea groups is 1. The highest BCUT2D eigenvalue weighted by atomic mass is 16.2. The molecular weight excluding hydrogens is 600 g/mol. The lowest BCUT2D eigenvalue weighted by Gasteiger charge is -2.38. The molecule has 0 radical (unpaired) electrons. The van der Waals surface area contributed by atoms with E-state index < -0.39 is 59.1 Å². The molecule has 3 aliphatic carbocycles. The SMILES string of the molecule is CC(C)(C)[C@H](NC(=O)N[C@H](C(=O)c1ccccn1)C1CCCCC1)C(=O)N1CC2[C@@H]([C@H]1C(=O)NC(CC1CC1)C(=O)C(N)=O)C2(C)C. The van der Waals surface area contributed by atoms with Crippen molar-refractivity contribution >= 4 is 35.3 Å². The Morgan fingerprint density at radius 3 is 2.23 bits per heavy atom. The van der Waals surface area contributed by atoms with Crippen LogP contribution < -0.4 is 21.7 Å². The van der Waals surface area contributed by atoms with Gasteiger partial charge >= 0.3 is 6.03 Å². The molecule has 5 amide bonds. The fourth-order valence-electron chi connectivity index (χ4n) is 7.82. The van der Waals surface area contributed by atoms with Crippen LogP contribution in [0.15, 0.2) is 24.4 Å². The third-order valence-electron chi connectivity index (χ3n) is 10.9. The smallest absolute Gasteiger partial charge is 0.316 e. The minimum Gasteiger partial charge on any atom is -0.363 e. The van der Waals surface area contributed by atoms with E-state index in [1.165, 1.54) is 4.90 Å². The van der Waals surface area contributed by atoms with Crippen LogP contribution in [0.1, 0.15) is 96.5 Å². The highest BCUT2D eigenvalue weighted by Crippen LogP contribution is 2.65. The Kier molecular flexibility index (Phi) is 9.80. The van der Waals surface area contributed by atoms with Crippen LogP contribution in [-0.4, -0.2) is 75.9 Å². The number of nitrogens with two attached hydrogens (primary N) is 1. The van der Waals surface area contributed by atoms with Gasteiger partial charge in [-0.3, -0.25) is 29.0 Å². The summed E-state index contributed by atoms with van der Waals surface area (Å²) in [5.74, 6) is -3.01. The second-order valence-electron chi connectivity index (χ2n) is 15.7. The summed E-state index contributed by atoms with van der Waals surface area (Å²) in [6, 6.07) is 0.722. The Balaban J connectivity index is 1.34. The maximum atomic E-state index is 14.4. The predicted octanol–water partition coefficient (Wildman–Crippen LogP) is 2.75. The second-order valence-corrected chi connectivity index (χ2v) is 15.7. The molecule has 12 nitrogen and oxygen atoms in total. The van der Waals surface area contributed by atoms with Crippen molar-refractivity contribution in [3.63, 3.8) is 0 Å². The van der Waals surface area contributed by atoms with E-state index in [0.29, 0.717) is 13.0 Å². The molecule has 47 heavy (non-hydrogen) atoms. The molecule has 0 bridgehead atoms. The molecule has 1 aromatic rings. The Labute approximate surface area is 276 Å². The largest absolute Gasteiger partial charge is 0.363 e. The number of likely N-dealkylation sites (tertiary alicyclic amines) is 1. The highest BCUT2D eigenvalue weighted by Gasteiger charge is 2.70. The van der Waals surface area contributed by atoms with Crippen LogP contribution in [0.3, 0.4) is 0 Å². The van der Waals surface area contributed by atoms with E-state index >= 15 is 0 Å². The number of pyridine rings is 1. The molecule has 0 spiro atoms. The summed E-state index contributed by atoms with van der Waals surface area (Å²) in [7, 11) is 0. The van der Waals surface area contributed by atoms with E-state index in [4.69, 9.17) is 5.73 Å². The Hall–Kier alpha value is -3.83. The average Bonchev–Trinajstić information content (AvgIpc) is 3.89. The third kappa shape index (κ3) is 7.51. The molecule has 4 aliphatic rings. The molecule has 4 fully saturated rings. The first-order chi connectivity index (χ1) is 22.1. The van der Waals surface area contributed by atoms with Crippen molar-refractivity contribution in [3.8, 4) is 0 Å². The van der Waals surface area contributed by atoms with Crippen LogP contribution in [0, 0.1) is 34.5 Å². The summed E-state index contributed by atoms with van der Waals surface area (Å²) in [5, 5.41) is 8.54. The van der Waals surface area contributed by atoms with Crippen LogP contribution in [0.25, 0.3) is 0 Å². The zero-order valence-corrected chi connectivity index (χ0v) is 28.2. The molecule has 12 heteroatoms. The fraction of sp³-hybridized carbons (Fsp3) is 0.686. The van der Waals surface area contributed by atoms with Crippen molar-refractivity contribution in [3.05, 3.63) is 30.1 Å². The lowest BCUT2D eigenvalue weighted by molar-refractivity contribution is -0.145. The first-order valence-corrected chi connectivity index (χ1v) is 17.1. The number of carbonyl (C=O) groups excluding carboxylic acids is 6. The van der Waals surface area contributed by atoms with Gasteiger partial charge in [0.25, 0.3) is 5.91 Å². The Bertz CT molecular complexity index is 1400. The fourth-order valence-corrected chi connectivity index (χ4v) is 7.82. The minimum absolute atomic E-state index is 0.0551. The van der Waals surface area contributed by atoms with Gasteiger partial charge in [-0.2, -0.15) is 0 Å². The molecule has 1 saturated heterocycles. The first-order valence-electron chi connectivity index (χ1n) is 17.1. The molecule has 2 heterocycles. The molecular formula is C35H50N6O6. The maximum absolute atomic E-state index is 14.4. The lowest BCUT2D eigenvalue weighted by Crippen LogP contribution is -2.62. The normalized spacial score (nSPS) is 25.5. The van der Waals surface area contributed by atoms with E-state index in [9.17, 15) is 28.8 Å².